The van der Waals surface area contributed by atoms with Crippen molar-refractivity contribution in [2.45, 2.75) is 19.4 Å². The van der Waals surface area contributed by atoms with Crippen molar-refractivity contribution in [2.24, 2.45) is 15.9 Å². The van der Waals surface area contributed by atoms with Crippen LogP contribution in [0, 0.1) is 5.82 Å². The van der Waals surface area contributed by atoms with Crippen molar-refractivity contribution in [2.75, 3.05) is 44.4 Å². The molecule has 2 aromatic rings. The largest absolute Gasteiger partial charge is 0.465 e. The number of carboxylic acid groups (broad SMARTS) is 1. The number of amides is 1. The molecule has 1 aliphatic rings. The van der Waals surface area contributed by atoms with E-state index >= 15 is 4.39 Å². The van der Waals surface area contributed by atoms with Crippen LogP contribution in [0.1, 0.15) is 18.4 Å². The van der Waals surface area contributed by atoms with E-state index in [4.69, 9.17) is 15.7 Å². The third-order valence-electron chi connectivity index (χ3n) is 5.56. The predicted molar refractivity (Wildman–Crippen MR) is 136 cm³/mol. The molecule has 0 atom stereocenters. The number of hydrogen-bond acceptors (Lipinski definition) is 9. The molecule has 0 aliphatic carbocycles. The zero-order valence-electron chi connectivity index (χ0n) is 20.5. The molecular weight excluding hydrogens is 507 g/mol. The first-order valence-corrected chi connectivity index (χ1v) is 13.1. The van der Waals surface area contributed by atoms with Gasteiger partial charge in [-0.15, -0.1) is 0 Å². The second-order valence-corrected chi connectivity index (χ2v) is 10.3. The molecule has 15 heteroatoms. The number of hydrogen-bond donors (Lipinski definition) is 3. The zero-order chi connectivity index (χ0) is 27.0. The van der Waals surface area contributed by atoms with Crippen molar-refractivity contribution >= 4 is 33.7 Å². The molecule has 0 bridgehead atoms. The summed E-state index contributed by atoms with van der Waals surface area (Å²) in [6.45, 7) is 1.49. The summed E-state index contributed by atoms with van der Waals surface area (Å²) < 4.78 is 39.0. The van der Waals surface area contributed by atoms with Crippen molar-refractivity contribution in [3.63, 3.8) is 0 Å². The minimum atomic E-state index is -3.25. The van der Waals surface area contributed by atoms with E-state index in [1.807, 2.05) is 10.2 Å². The van der Waals surface area contributed by atoms with Crippen LogP contribution in [-0.4, -0.2) is 85.1 Å². The first kappa shape index (κ1) is 27.7. The summed E-state index contributed by atoms with van der Waals surface area (Å²) in [4.78, 5) is 30.5. The molecule has 200 valence electrons. The summed E-state index contributed by atoms with van der Waals surface area (Å²) in [5.41, 5.74) is 7.33. The first-order chi connectivity index (χ1) is 17.5. The topological polar surface area (TPSA) is 176 Å². The molecule has 0 saturated carbocycles. The highest BCUT2D eigenvalue weighted by molar-refractivity contribution is 7.88. The Labute approximate surface area is 213 Å². The van der Waals surface area contributed by atoms with Gasteiger partial charge in [0.15, 0.2) is 5.96 Å². The molecule has 1 amide bonds. The van der Waals surface area contributed by atoms with Crippen LogP contribution < -0.4 is 16.0 Å². The number of nitrogens with two attached hydrogens (primary N) is 1. The van der Waals surface area contributed by atoms with Gasteiger partial charge in [-0.05, 0) is 0 Å². The Kier molecular flexibility index (Phi) is 9.30. The lowest BCUT2D eigenvalue weighted by molar-refractivity contribution is 0.134. The summed E-state index contributed by atoms with van der Waals surface area (Å²) in [6, 6.07) is 4.79. The van der Waals surface area contributed by atoms with E-state index in [1.165, 1.54) is 17.4 Å². The number of aliphatic imine (C=N–C) groups is 1. The van der Waals surface area contributed by atoms with Gasteiger partial charge in [0.25, 0.3) is 0 Å². The molecule has 0 spiro atoms. The van der Waals surface area contributed by atoms with Gasteiger partial charge in [-0.25, -0.2) is 36.9 Å². The third kappa shape index (κ3) is 8.08. The number of oxime groups is 1. The van der Waals surface area contributed by atoms with E-state index in [-0.39, 0.29) is 36.8 Å². The fraction of sp³-hybridized carbons (Fsp3) is 0.409. The van der Waals surface area contributed by atoms with E-state index in [0.717, 1.165) is 12.0 Å². The summed E-state index contributed by atoms with van der Waals surface area (Å²) in [5, 5.41) is 14.7. The molecule has 1 aromatic carbocycles. The highest BCUT2D eigenvalue weighted by Gasteiger charge is 2.19. The van der Waals surface area contributed by atoms with E-state index in [1.54, 1.807) is 24.5 Å². The fourth-order valence-corrected chi connectivity index (χ4v) is 3.80. The molecule has 3 rings (SSSR count). The highest BCUT2D eigenvalue weighted by atomic mass is 32.2. The number of anilines is 1. The lowest BCUT2D eigenvalue weighted by atomic mass is 10.0. The van der Waals surface area contributed by atoms with Crippen LogP contribution >= 0.6 is 0 Å². The maximum atomic E-state index is 15.0. The maximum Gasteiger partial charge on any atom is 0.411 e. The van der Waals surface area contributed by atoms with Crippen LogP contribution in [0.25, 0.3) is 11.1 Å². The number of likely N-dealkylation sites (N-methyl/N-ethyl adjacent to an activating group) is 1. The molecule has 13 nitrogen and oxygen atoms in total. The van der Waals surface area contributed by atoms with Gasteiger partial charge in [-0.3, -0.25) is 5.32 Å². The van der Waals surface area contributed by atoms with Gasteiger partial charge in [-0.2, -0.15) is 0 Å². The van der Waals surface area contributed by atoms with E-state index in [0.29, 0.717) is 37.4 Å². The first-order valence-electron chi connectivity index (χ1n) is 11.3. The molecule has 2 heterocycles. The Morgan fingerprint density at radius 3 is 2.59 bits per heavy atom. The van der Waals surface area contributed by atoms with Crippen molar-refractivity contribution in [1.82, 2.24) is 19.6 Å². The Balaban J connectivity index is 1.56. The molecule has 1 aromatic heterocycles. The lowest BCUT2D eigenvalue weighted by Crippen LogP contribution is -2.35. The number of benzene rings is 1. The van der Waals surface area contributed by atoms with Gasteiger partial charge in [0.2, 0.25) is 16.0 Å². The maximum absolute atomic E-state index is 15.0. The minimum absolute atomic E-state index is 0.138. The number of nitrogens with one attached hydrogen (secondary N) is 1. The minimum Gasteiger partial charge on any atom is -0.465 e. The molecular formula is C22H29FN8O5S. The van der Waals surface area contributed by atoms with Gasteiger partial charge < -0.3 is 20.6 Å². The molecule has 1 fully saturated rings. The Bertz CT molecular complexity index is 1260. The van der Waals surface area contributed by atoms with E-state index in [2.05, 4.69) is 20.1 Å². The zero-order valence-corrected chi connectivity index (χ0v) is 21.3. The Hall–Kier alpha value is -3.85. The molecule has 0 radical (unpaired) electrons. The quantitative estimate of drug-likeness (QED) is 0.184. The number of sulfonamides is 1. The number of guanidine groups is 1. The van der Waals surface area contributed by atoms with Crippen LogP contribution in [0.3, 0.4) is 0 Å². The standard InChI is InChI=1S/C22H29FN8O5S/c1-30(37(2,34)35)10-11-36-29-17-6-8-31(9-7-17)21-26-13-16(14-27-21)18-5-3-4-15(19(18)23)12-25-20(24)28-22(32)33/h3-5,13-14H,6-12H2,1-2H3,(H,32,33)(H3,24,25,28). The van der Waals surface area contributed by atoms with Crippen LogP contribution in [0.5, 0.6) is 0 Å². The van der Waals surface area contributed by atoms with Crippen LogP contribution in [0.15, 0.2) is 40.7 Å². The van der Waals surface area contributed by atoms with Crippen LogP contribution in [0.4, 0.5) is 15.1 Å². The predicted octanol–water partition coefficient (Wildman–Crippen LogP) is 1.23. The van der Waals surface area contributed by atoms with Gasteiger partial charge in [-0.1, -0.05) is 23.4 Å². The van der Waals surface area contributed by atoms with Crippen molar-refractivity contribution in [1.29, 1.82) is 0 Å². The average Bonchev–Trinajstić information content (AvgIpc) is 2.85. The summed E-state index contributed by atoms with van der Waals surface area (Å²) in [6.07, 6.45) is 4.15. The number of carbonyl (C=O) groups is 1. The lowest BCUT2D eigenvalue weighted by Gasteiger charge is -2.27. The molecule has 37 heavy (non-hydrogen) atoms. The van der Waals surface area contributed by atoms with Gasteiger partial charge in [0.1, 0.15) is 12.4 Å². The highest BCUT2D eigenvalue weighted by Crippen LogP contribution is 2.25. The number of rotatable bonds is 9. The van der Waals surface area contributed by atoms with Crippen LogP contribution in [-0.2, 0) is 21.4 Å². The number of nitrogens with zero attached hydrogens (tertiary/aromatic N) is 6. The van der Waals surface area contributed by atoms with E-state index < -0.39 is 21.9 Å². The number of piperidine rings is 1. The van der Waals surface area contributed by atoms with Gasteiger partial charge in [0.05, 0.1) is 25.1 Å². The molecule has 4 N–H and O–H groups in total. The van der Waals surface area contributed by atoms with Gasteiger partial charge in [0, 0.05) is 62.1 Å². The van der Waals surface area contributed by atoms with Crippen LogP contribution in [0.2, 0.25) is 0 Å². The number of aromatic nitrogens is 2. The Morgan fingerprint density at radius 1 is 1.30 bits per heavy atom. The second kappa shape index (κ2) is 12.4. The third-order valence-corrected chi connectivity index (χ3v) is 6.88. The van der Waals surface area contributed by atoms with Crippen molar-refractivity contribution in [3.05, 3.63) is 42.0 Å². The van der Waals surface area contributed by atoms with E-state index in [9.17, 15) is 13.2 Å². The Morgan fingerprint density at radius 2 is 1.97 bits per heavy atom. The van der Waals surface area contributed by atoms with Crippen molar-refractivity contribution in [3.8, 4) is 11.1 Å². The van der Waals surface area contributed by atoms with Gasteiger partial charge >= 0.3 is 6.09 Å². The summed E-state index contributed by atoms with van der Waals surface area (Å²) >= 11 is 0. The number of halogens is 1. The normalized spacial score (nSPS) is 14.5. The average molecular weight is 537 g/mol. The monoisotopic (exact) mass is 536 g/mol. The second-order valence-electron chi connectivity index (χ2n) is 8.24. The SMILES string of the molecule is CN(CCON=C1CCN(c2ncc(-c3cccc(CN=C(N)NC(=O)O)c3F)cn2)CC1)S(C)(=O)=O. The summed E-state index contributed by atoms with van der Waals surface area (Å²) in [5.74, 6) is -0.342. The van der Waals surface area contributed by atoms with Crippen molar-refractivity contribution < 1.29 is 27.5 Å². The molecule has 0 unspecified atom stereocenters. The smallest absolute Gasteiger partial charge is 0.411 e. The summed E-state index contributed by atoms with van der Waals surface area (Å²) in [7, 11) is -1.77. The molecule has 1 saturated heterocycles. The molecule has 1 aliphatic heterocycles. The fourth-order valence-electron chi connectivity index (χ4n) is 3.40.